The van der Waals surface area contributed by atoms with Crippen LogP contribution in [0, 0.1) is 0 Å². The van der Waals surface area contributed by atoms with Crippen molar-refractivity contribution in [3.63, 3.8) is 0 Å². The van der Waals surface area contributed by atoms with E-state index in [9.17, 15) is 4.79 Å². The predicted molar refractivity (Wildman–Crippen MR) is 138 cm³/mol. The molecule has 2 heterocycles. The van der Waals surface area contributed by atoms with Crippen LogP contribution in [0.25, 0.3) is 11.1 Å². The Balaban J connectivity index is 1.52. The lowest BCUT2D eigenvalue weighted by atomic mass is 9.92. The van der Waals surface area contributed by atoms with Gasteiger partial charge in [-0.25, -0.2) is 4.79 Å². The second-order valence-corrected chi connectivity index (χ2v) is 9.26. The molecule has 0 spiro atoms. The molecule has 1 aliphatic heterocycles. The van der Waals surface area contributed by atoms with Crippen LogP contribution in [-0.2, 0) is 29.1 Å². The fraction of sp³-hybridized carbons (Fsp3) is 0.310. The predicted octanol–water partition coefficient (Wildman–Crippen LogP) is 5.64. The van der Waals surface area contributed by atoms with Crippen LogP contribution in [-0.4, -0.2) is 31.2 Å². The molecule has 1 aliphatic rings. The second-order valence-electron chi connectivity index (χ2n) is 9.26. The number of rotatable bonds is 7. The highest BCUT2D eigenvalue weighted by Crippen LogP contribution is 2.40. The second kappa shape index (κ2) is 9.93. The van der Waals surface area contributed by atoms with Gasteiger partial charge in [-0.05, 0) is 40.8 Å². The van der Waals surface area contributed by atoms with Gasteiger partial charge in [-0.1, -0.05) is 56.3 Å². The maximum Gasteiger partial charge on any atom is 0.329 e. The van der Waals surface area contributed by atoms with Crippen molar-refractivity contribution in [1.29, 1.82) is 0 Å². The molecule has 0 N–H and O–H groups in total. The minimum absolute atomic E-state index is 0.359. The molecule has 0 amide bonds. The van der Waals surface area contributed by atoms with Crippen molar-refractivity contribution >= 4 is 23.1 Å². The Morgan fingerprint density at radius 3 is 2.64 bits per heavy atom. The van der Waals surface area contributed by atoms with E-state index in [2.05, 4.69) is 19.9 Å². The summed E-state index contributed by atoms with van der Waals surface area (Å²) in [6.45, 7) is 5.09. The molecule has 0 saturated heterocycles. The van der Waals surface area contributed by atoms with Crippen molar-refractivity contribution in [3.05, 3.63) is 82.9 Å². The molecule has 36 heavy (non-hydrogen) atoms. The quantitative estimate of drug-likeness (QED) is 0.313. The Morgan fingerprint density at radius 2 is 1.92 bits per heavy atom. The van der Waals surface area contributed by atoms with E-state index < -0.39 is 6.04 Å². The monoisotopic (exact) mass is 486 g/mol. The number of oxazole rings is 1. The summed E-state index contributed by atoms with van der Waals surface area (Å²) < 4.78 is 23.2. The number of anilines is 1. The van der Waals surface area contributed by atoms with Gasteiger partial charge in [0.1, 0.15) is 18.2 Å². The molecule has 7 heteroatoms. The first-order valence-corrected chi connectivity index (χ1v) is 12.1. The maximum absolute atomic E-state index is 13.0. The molecule has 3 aromatic carbocycles. The molecule has 0 fully saturated rings. The number of hydrogen-bond donors (Lipinski definition) is 0. The van der Waals surface area contributed by atoms with Gasteiger partial charge in [-0.3, -0.25) is 0 Å². The third kappa shape index (κ3) is 4.49. The Labute approximate surface area is 210 Å². The van der Waals surface area contributed by atoms with Gasteiger partial charge < -0.3 is 23.5 Å². The van der Waals surface area contributed by atoms with Crippen molar-refractivity contribution in [1.82, 2.24) is 4.98 Å². The molecule has 1 atom stereocenters. The molecule has 1 aromatic heterocycles. The summed E-state index contributed by atoms with van der Waals surface area (Å²) in [5, 5.41) is 0. The number of ether oxygens (including phenoxy) is 3. The van der Waals surface area contributed by atoms with E-state index in [1.807, 2.05) is 59.5 Å². The third-order valence-corrected chi connectivity index (χ3v) is 6.67. The van der Waals surface area contributed by atoms with Gasteiger partial charge in [0.15, 0.2) is 17.1 Å². The molecular formula is C29H30N2O5. The Kier molecular flexibility index (Phi) is 6.55. The van der Waals surface area contributed by atoms with E-state index in [-0.39, 0.29) is 5.97 Å². The van der Waals surface area contributed by atoms with Gasteiger partial charge in [0, 0.05) is 18.5 Å². The molecule has 0 saturated carbocycles. The zero-order chi connectivity index (χ0) is 25.2. The first-order valence-electron chi connectivity index (χ1n) is 12.1. The van der Waals surface area contributed by atoms with Gasteiger partial charge in [0.25, 0.3) is 6.01 Å². The number of carbonyl (C=O) groups is 1. The van der Waals surface area contributed by atoms with Crippen LogP contribution in [0.5, 0.6) is 11.5 Å². The van der Waals surface area contributed by atoms with Crippen molar-refractivity contribution < 1.29 is 23.4 Å². The summed E-state index contributed by atoms with van der Waals surface area (Å²) in [6.07, 6.45) is 0.374. The minimum atomic E-state index is -0.619. The fourth-order valence-corrected chi connectivity index (χ4v) is 4.62. The summed E-state index contributed by atoms with van der Waals surface area (Å²) in [4.78, 5) is 19.5. The molecule has 186 valence electrons. The Bertz CT molecular complexity index is 1380. The van der Waals surface area contributed by atoms with Crippen LogP contribution in [0.3, 0.4) is 0 Å². The molecule has 5 rings (SSSR count). The highest BCUT2D eigenvalue weighted by Gasteiger charge is 2.37. The van der Waals surface area contributed by atoms with Crippen LogP contribution in [0.2, 0.25) is 0 Å². The molecule has 4 aromatic rings. The smallest absolute Gasteiger partial charge is 0.329 e. The first-order chi connectivity index (χ1) is 17.5. The standard InChI is InChI=1S/C29H30N2O5/c1-18(2)20-10-12-23-26(14-20)36-29(30-23)31-16-21-11-13-25(33-3)27(22(21)15-24(31)28(32)34-4)35-17-19-8-6-5-7-9-19/h5-14,18,24H,15-17H2,1-4H3/t24-/m0/s1. The molecule has 0 radical (unpaired) electrons. The summed E-state index contributed by atoms with van der Waals surface area (Å²) in [7, 11) is 3.02. The van der Waals surface area contributed by atoms with Gasteiger partial charge >= 0.3 is 5.97 Å². The Morgan fingerprint density at radius 1 is 1.11 bits per heavy atom. The lowest BCUT2D eigenvalue weighted by molar-refractivity contribution is -0.142. The average Bonchev–Trinajstić information content (AvgIpc) is 3.34. The number of carbonyl (C=O) groups excluding carboxylic acids is 1. The van der Waals surface area contributed by atoms with E-state index in [1.54, 1.807) is 7.11 Å². The van der Waals surface area contributed by atoms with E-state index in [4.69, 9.17) is 23.6 Å². The lowest BCUT2D eigenvalue weighted by Gasteiger charge is -2.35. The highest BCUT2D eigenvalue weighted by atomic mass is 16.5. The minimum Gasteiger partial charge on any atom is -0.493 e. The summed E-state index contributed by atoms with van der Waals surface area (Å²) in [5.41, 5.74) is 5.62. The first kappa shape index (κ1) is 23.7. The zero-order valence-electron chi connectivity index (χ0n) is 21.0. The number of hydrogen-bond acceptors (Lipinski definition) is 7. The normalized spacial score (nSPS) is 15.1. The molecular weight excluding hydrogens is 456 g/mol. The van der Waals surface area contributed by atoms with Gasteiger partial charge in [0.2, 0.25) is 0 Å². The van der Waals surface area contributed by atoms with Crippen molar-refractivity contribution in [2.45, 2.75) is 45.4 Å². The van der Waals surface area contributed by atoms with Crippen LogP contribution < -0.4 is 14.4 Å². The average molecular weight is 487 g/mol. The fourth-order valence-electron chi connectivity index (χ4n) is 4.62. The number of benzene rings is 3. The van der Waals surface area contributed by atoms with E-state index in [1.165, 1.54) is 12.7 Å². The van der Waals surface area contributed by atoms with Gasteiger partial charge in [-0.2, -0.15) is 4.98 Å². The SMILES string of the molecule is COC(=O)[C@@H]1Cc2c(ccc(OC)c2OCc2ccccc2)CN1c1nc2ccc(C(C)C)cc2o1. The van der Waals surface area contributed by atoms with Crippen LogP contribution >= 0.6 is 0 Å². The number of esters is 1. The van der Waals surface area contributed by atoms with Crippen LogP contribution in [0.15, 0.2) is 65.1 Å². The molecule has 7 nitrogen and oxygen atoms in total. The number of aromatic nitrogens is 1. The topological polar surface area (TPSA) is 74.0 Å². The molecule has 0 unspecified atom stereocenters. The van der Waals surface area contributed by atoms with Crippen molar-refractivity contribution in [3.8, 4) is 11.5 Å². The Hall–Kier alpha value is -4.00. The van der Waals surface area contributed by atoms with Crippen LogP contribution in [0.1, 0.15) is 42.0 Å². The summed E-state index contributed by atoms with van der Waals surface area (Å²) in [6, 6.07) is 19.7. The maximum atomic E-state index is 13.0. The van der Waals surface area contributed by atoms with Gasteiger partial charge in [0.05, 0.1) is 14.2 Å². The van der Waals surface area contributed by atoms with Crippen LogP contribution in [0.4, 0.5) is 6.01 Å². The summed E-state index contributed by atoms with van der Waals surface area (Å²) >= 11 is 0. The highest BCUT2D eigenvalue weighted by molar-refractivity contribution is 5.82. The van der Waals surface area contributed by atoms with E-state index in [0.29, 0.717) is 48.6 Å². The van der Waals surface area contributed by atoms with E-state index >= 15 is 0 Å². The molecule has 0 bridgehead atoms. The summed E-state index contributed by atoms with van der Waals surface area (Å²) in [5.74, 6) is 1.29. The van der Waals surface area contributed by atoms with Crippen molar-refractivity contribution in [2.24, 2.45) is 0 Å². The number of methoxy groups -OCH3 is 2. The third-order valence-electron chi connectivity index (χ3n) is 6.67. The largest absolute Gasteiger partial charge is 0.493 e. The van der Waals surface area contributed by atoms with E-state index in [0.717, 1.165) is 22.2 Å². The molecule has 0 aliphatic carbocycles. The van der Waals surface area contributed by atoms with Crippen molar-refractivity contribution in [2.75, 3.05) is 19.1 Å². The lowest BCUT2D eigenvalue weighted by Crippen LogP contribution is -2.46. The zero-order valence-corrected chi connectivity index (χ0v) is 21.0. The van der Waals surface area contributed by atoms with Gasteiger partial charge in [-0.15, -0.1) is 0 Å². The number of fused-ring (bicyclic) bond motifs is 2. The number of nitrogens with zero attached hydrogens (tertiary/aromatic N) is 2.